The van der Waals surface area contributed by atoms with Crippen LogP contribution in [0.25, 0.3) is 15.9 Å². The van der Waals surface area contributed by atoms with Crippen molar-refractivity contribution in [3.05, 3.63) is 90.9 Å². The number of hydrogen-bond acceptors (Lipinski definition) is 5. The molecule has 0 saturated heterocycles. The van der Waals surface area contributed by atoms with Gasteiger partial charge in [-0.2, -0.15) is 0 Å². The molecule has 2 heterocycles. The molecule has 9 heteroatoms. The van der Waals surface area contributed by atoms with Gasteiger partial charge >= 0.3 is 5.69 Å². The van der Waals surface area contributed by atoms with Gasteiger partial charge in [0.1, 0.15) is 11.4 Å². The molecule has 2 aromatic carbocycles. The zero-order chi connectivity index (χ0) is 26.9. The Balaban J connectivity index is 1.93. The number of aryl methyl sites for hydroxylation is 3. The summed E-state index contributed by atoms with van der Waals surface area (Å²) in [6.07, 6.45) is 0. The van der Waals surface area contributed by atoms with Crippen LogP contribution < -0.4 is 16.6 Å². The van der Waals surface area contributed by atoms with Crippen LogP contribution >= 0.6 is 11.3 Å². The van der Waals surface area contributed by atoms with Gasteiger partial charge in [0.15, 0.2) is 0 Å². The number of nitrogens with zero attached hydrogens (tertiary/aromatic N) is 3. The lowest BCUT2D eigenvalue weighted by Crippen LogP contribution is -2.40. The highest BCUT2D eigenvalue weighted by Gasteiger charge is 2.26. The molecule has 2 aromatic heterocycles. The number of hydrogen-bond donors (Lipinski definition) is 1. The number of thiophene rings is 1. The molecule has 0 radical (unpaired) electrons. The van der Waals surface area contributed by atoms with E-state index in [1.165, 1.54) is 4.57 Å². The van der Waals surface area contributed by atoms with Crippen LogP contribution in [0.2, 0.25) is 0 Å². The summed E-state index contributed by atoms with van der Waals surface area (Å²) in [7, 11) is 0. The maximum absolute atomic E-state index is 13.7. The average molecular weight is 519 g/mol. The number of amides is 2. The fraction of sp³-hybridized carbons (Fsp3) is 0.286. The van der Waals surface area contributed by atoms with E-state index in [2.05, 4.69) is 5.32 Å². The number of aromatic nitrogens is 2. The van der Waals surface area contributed by atoms with Crippen LogP contribution in [-0.2, 0) is 11.3 Å². The van der Waals surface area contributed by atoms with Crippen molar-refractivity contribution in [2.45, 2.75) is 41.2 Å². The SMILES string of the molecule is CCN(CC)C(=O)c1sc2c(c1C)c(=O)n(-c1ccccc1)c(=O)n2CC(=O)Nc1c(C)cccc1C. The van der Waals surface area contributed by atoms with E-state index in [9.17, 15) is 19.2 Å². The van der Waals surface area contributed by atoms with Crippen LogP contribution in [0.15, 0.2) is 58.1 Å². The zero-order valence-electron chi connectivity index (χ0n) is 21.6. The monoisotopic (exact) mass is 518 g/mol. The van der Waals surface area contributed by atoms with E-state index in [1.54, 1.807) is 42.2 Å². The number of carbonyl (C=O) groups is 2. The fourth-order valence-corrected chi connectivity index (χ4v) is 5.74. The van der Waals surface area contributed by atoms with Gasteiger partial charge in [-0.05, 0) is 63.4 Å². The molecular weight excluding hydrogens is 488 g/mol. The minimum atomic E-state index is -0.636. The van der Waals surface area contributed by atoms with Crippen LogP contribution in [0, 0.1) is 20.8 Å². The van der Waals surface area contributed by atoms with Gasteiger partial charge in [-0.3, -0.25) is 19.0 Å². The molecule has 0 fully saturated rings. The molecule has 0 aliphatic heterocycles. The first kappa shape index (κ1) is 26.1. The van der Waals surface area contributed by atoms with Gasteiger partial charge < -0.3 is 10.2 Å². The Hall–Kier alpha value is -3.98. The first-order chi connectivity index (χ1) is 17.7. The van der Waals surface area contributed by atoms with Crippen LogP contribution in [0.5, 0.6) is 0 Å². The van der Waals surface area contributed by atoms with Crippen molar-refractivity contribution in [1.82, 2.24) is 14.0 Å². The predicted octanol–water partition coefficient (Wildman–Crippen LogP) is 4.26. The Morgan fingerprint density at radius 2 is 1.54 bits per heavy atom. The average Bonchev–Trinajstić information content (AvgIpc) is 3.22. The van der Waals surface area contributed by atoms with E-state index in [0.717, 1.165) is 27.0 Å². The van der Waals surface area contributed by atoms with E-state index < -0.39 is 17.2 Å². The Morgan fingerprint density at radius 1 is 0.919 bits per heavy atom. The number of nitrogens with one attached hydrogen (secondary N) is 1. The number of rotatable bonds is 7. The minimum absolute atomic E-state index is 0.201. The largest absolute Gasteiger partial charge is 0.338 e. The Kier molecular flexibility index (Phi) is 7.45. The number of fused-ring (bicyclic) bond motifs is 1. The molecule has 1 N–H and O–H groups in total. The summed E-state index contributed by atoms with van der Waals surface area (Å²) in [5.41, 5.74) is 2.25. The highest BCUT2D eigenvalue weighted by Crippen LogP contribution is 2.29. The molecule has 0 saturated carbocycles. The molecule has 0 spiro atoms. The van der Waals surface area contributed by atoms with Gasteiger partial charge in [-0.25, -0.2) is 9.36 Å². The molecule has 4 rings (SSSR count). The smallest absolute Gasteiger partial charge is 0.337 e. The second kappa shape index (κ2) is 10.6. The van der Waals surface area contributed by atoms with E-state index in [1.807, 2.05) is 45.9 Å². The van der Waals surface area contributed by atoms with Crippen LogP contribution in [0.3, 0.4) is 0 Å². The highest BCUT2D eigenvalue weighted by atomic mass is 32.1. The lowest BCUT2D eigenvalue weighted by atomic mass is 10.1. The van der Waals surface area contributed by atoms with Crippen molar-refractivity contribution in [1.29, 1.82) is 0 Å². The molecule has 0 unspecified atom stereocenters. The lowest BCUT2D eigenvalue weighted by molar-refractivity contribution is -0.116. The standard InChI is InChI=1S/C28H30N4O4S/c1-6-30(7-2)26(35)24-19(5)22-25(34)32(20-14-9-8-10-15-20)28(36)31(27(22)37-24)16-21(33)29-23-17(3)12-11-13-18(23)4/h8-15H,6-7,16H2,1-5H3,(H,29,33). The topological polar surface area (TPSA) is 93.4 Å². The third kappa shape index (κ3) is 4.74. The summed E-state index contributed by atoms with van der Waals surface area (Å²) < 4.78 is 2.36. The van der Waals surface area contributed by atoms with Gasteiger partial charge in [0.2, 0.25) is 5.91 Å². The first-order valence-corrected chi connectivity index (χ1v) is 13.0. The molecule has 4 aromatic rings. The lowest BCUT2D eigenvalue weighted by Gasteiger charge is -2.17. The predicted molar refractivity (Wildman–Crippen MR) is 148 cm³/mol. The van der Waals surface area contributed by atoms with Crippen molar-refractivity contribution < 1.29 is 9.59 Å². The summed E-state index contributed by atoms with van der Waals surface area (Å²) >= 11 is 1.08. The Morgan fingerprint density at radius 3 is 2.14 bits per heavy atom. The minimum Gasteiger partial charge on any atom is -0.338 e. The van der Waals surface area contributed by atoms with Gasteiger partial charge in [0, 0.05) is 18.8 Å². The molecule has 0 bridgehead atoms. The third-order valence-corrected chi connectivity index (χ3v) is 7.82. The van der Waals surface area contributed by atoms with Crippen LogP contribution in [0.1, 0.15) is 40.2 Å². The molecule has 192 valence electrons. The second-order valence-electron chi connectivity index (χ2n) is 8.87. The summed E-state index contributed by atoms with van der Waals surface area (Å²) in [5.74, 6) is -0.602. The van der Waals surface area contributed by atoms with Crippen molar-refractivity contribution >= 4 is 39.1 Å². The normalized spacial score (nSPS) is 11.1. The van der Waals surface area contributed by atoms with E-state index in [-0.39, 0.29) is 17.8 Å². The van der Waals surface area contributed by atoms with Crippen LogP contribution in [0.4, 0.5) is 5.69 Å². The number of carbonyl (C=O) groups excluding carboxylic acids is 2. The van der Waals surface area contributed by atoms with E-state index in [4.69, 9.17) is 0 Å². The molecule has 0 aliphatic carbocycles. The molecule has 0 aliphatic rings. The number of para-hydroxylation sites is 2. The molecule has 37 heavy (non-hydrogen) atoms. The third-order valence-electron chi connectivity index (χ3n) is 6.52. The maximum atomic E-state index is 13.7. The number of anilines is 1. The van der Waals surface area contributed by atoms with Gasteiger partial charge in [-0.15, -0.1) is 11.3 Å². The van der Waals surface area contributed by atoms with Crippen molar-refractivity contribution in [3.63, 3.8) is 0 Å². The summed E-state index contributed by atoms with van der Waals surface area (Å²) in [4.78, 5) is 56.2. The Labute approximate surface area is 218 Å². The summed E-state index contributed by atoms with van der Waals surface area (Å²) in [5, 5.41) is 3.18. The first-order valence-electron chi connectivity index (χ1n) is 12.2. The molecule has 8 nitrogen and oxygen atoms in total. The van der Waals surface area contributed by atoms with Gasteiger partial charge in [-0.1, -0.05) is 36.4 Å². The molecular formula is C28H30N4O4S. The number of benzene rings is 2. The van der Waals surface area contributed by atoms with Crippen molar-refractivity contribution in [2.75, 3.05) is 18.4 Å². The quantitative estimate of drug-likeness (QED) is 0.396. The van der Waals surface area contributed by atoms with Crippen molar-refractivity contribution in [2.24, 2.45) is 0 Å². The van der Waals surface area contributed by atoms with Gasteiger partial charge in [0.25, 0.3) is 11.5 Å². The zero-order valence-corrected chi connectivity index (χ0v) is 22.4. The van der Waals surface area contributed by atoms with Crippen LogP contribution in [-0.4, -0.2) is 38.9 Å². The van der Waals surface area contributed by atoms with Crippen molar-refractivity contribution in [3.8, 4) is 5.69 Å². The molecule has 0 atom stereocenters. The van der Waals surface area contributed by atoms with Gasteiger partial charge in [0.05, 0.1) is 16.0 Å². The van der Waals surface area contributed by atoms with E-state index >= 15 is 0 Å². The maximum Gasteiger partial charge on any atom is 0.337 e. The fourth-order valence-electron chi connectivity index (χ4n) is 4.48. The van der Waals surface area contributed by atoms with E-state index in [0.29, 0.717) is 39.7 Å². The summed E-state index contributed by atoms with van der Waals surface area (Å²) in [6.45, 7) is 10.0. The summed E-state index contributed by atoms with van der Waals surface area (Å²) in [6, 6.07) is 14.3. The Bertz CT molecular complexity index is 1590. The molecule has 2 amide bonds. The highest BCUT2D eigenvalue weighted by molar-refractivity contribution is 7.20. The second-order valence-corrected chi connectivity index (χ2v) is 9.87.